The van der Waals surface area contributed by atoms with Gasteiger partial charge in [-0.3, -0.25) is 0 Å². The Morgan fingerprint density at radius 3 is 3.08 bits per heavy atom. The van der Waals surface area contributed by atoms with Gasteiger partial charge in [-0.2, -0.15) is 0 Å². The van der Waals surface area contributed by atoms with Crippen LogP contribution in [0.2, 0.25) is 0 Å². The smallest absolute Gasteiger partial charge is 0.123 e. The summed E-state index contributed by atoms with van der Waals surface area (Å²) in [4.78, 5) is 0. The molecule has 2 rings (SSSR count). The Hall–Kier alpha value is -0.740. The maximum atomic E-state index is 12.9. The topological polar surface area (TPSA) is 32.3 Å². The van der Waals surface area contributed by atoms with Gasteiger partial charge in [-0.05, 0) is 18.2 Å². The molecule has 70 valence electrons. The van der Waals surface area contributed by atoms with E-state index in [-0.39, 0.29) is 16.9 Å². The van der Waals surface area contributed by atoms with Gasteiger partial charge < -0.3 is 10.4 Å². The van der Waals surface area contributed by atoms with Gasteiger partial charge >= 0.3 is 0 Å². The van der Waals surface area contributed by atoms with E-state index in [2.05, 4.69) is 5.32 Å². The molecule has 1 atom stereocenters. The normalized spacial score (nSPS) is 22.1. The van der Waals surface area contributed by atoms with Crippen molar-refractivity contribution in [2.24, 2.45) is 0 Å². The van der Waals surface area contributed by atoms with E-state index in [4.69, 9.17) is 0 Å². The highest BCUT2D eigenvalue weighted by atomic mass is 32.2. The van der Waals surface area contributed by atoms with Crippen molar-refractivity contribution in [3.63, 3.8) is 0 Å². The van der Waals surface area contributed by atoms with Crippen LogP contribution in [0.1, 0.15) is 10.9 Å². The zero-order valence-electron chi connectivity index (χ0n) is 6.96. The van der Waals surface area contributed by atoms with Crippen LogP contribution in [0, 0.1) is 5.82 Å². The summed E-state index contributed by atoms with van der Waals surface area (Å²) >= 11 is 1.68. The van der Waals surface area contributed by atoms with Crippen molar-refractivity contribution in [3.05, 3.63) is 29.6 Å². The first kappa shape index (κ1) is 8.84. The number of hydrogen-bond acceptors (Lipinski definition) is 3. The second kappa shape index (κ2) is 3.55. The van der Waals surface area contributed by atoms with Gasteiger partial charge in [-0.1, -0.05) is 0 Å². The van der Waals surface area contributed by atoms with Gasteiger partial charge in [0.15, 0.2) is 0 Å². The molecule has 1 heterocycles. The Balaban J connectivity index is 2.32. The third kappa shape index (κ3) is 1.78. The highest BCUT2D eigenvalue weighted by Crippen LogP contribution is 2.35. The number of aromatic hydroxyl groups is 1. The maximum Gasteiger partial charge on any atom is 0.123 e. The maximum absolute atomic E-state index is 12.9. The predicted molar refractivity (Wildman–Crippen MR) is 51.3 cm³/mol. The lowest BCUT2D eigenvalue weighted by molar-refractivity contribution is 0.462. The summed E-state index contributed by atoms with van der Waals surface area (Å²) in [5.41, 5.74) is 0.641. The molecule has 1 unspecified atom stereocenters. The van der Waals surface area contributed by atoms with Gasteiger partial charge in [-0.15, -0.1) is 11.8 Å². The fourth-order valence-electron chi connectivity index (χ4n) is 1.36. The minimum atomic E-state index is -0.304. The SMILES string of the molecule is Oc1ccc(F)cc1C1NCCS1. The fraction of sp³-hybridized carbons (Fsp3) is 0.333. The molecule has 2 nitrogen and oxygen atoms in total. The van der Waals surface area contributed by atoms with Gasteiger partial charge in [0.25, 0.3) is 0 Å². The average molecular weight is 199 g/mol. The molecule has 1 saturated heterocycles. The molecule has 2 N–H and O–H groups in total. The molecule has 0 amide bonds. The first-order valence-electron chi connectivity index (χ1n) is 4.11. The van der Waals surface area contributed by atoms with Crippen LogP contribution >= 0.6 is 11.8 Å². The van der Waals surface area contributed by atoms with Crippen molar-refractivity contribution in [2.75, 3.05) is 12.3 Å². The third-order valence-corrected chi connectivity index (χ3v) is 3.18. The monoisotopic (exact) mass is 199 g/mol. The lowest BCUT2D eigenvalue weighted by Crippen LogP contribution is -2.12. The summed E-state index contributed by atoms with van der Waals surface area (Å²) in [6.45, 7) is 0.908. The minimum Gasteiger partial charge on any atom is -0.508 e. The van der Waals surface area contributed by atoms with Crippen LogP contribution in [0.3, 0.4) is 0 Å². The molecule has 0 spiro atoms. The number of thioether (sulfide) groups is 1. The van der Waals surface area contributed by atoms with Gasteiger partial charge in [0.2, 0.25) is 0 Å². The van der Waals surface area contributed by atoms with Gasteiger partial charge in [0, 0.05) is 17.9 Å². The van der Waals surface area contributed by atoms with E-state index in [0.29, 0.717) is 5.56 Å². The van der Waals surface area contributed by atoms with Crippen molar-refractivity contribution in [2.45, 2.75) is 5.37 Å². The molecule has 0 radical (unpaired) electrons. The summed E-state index contributed by atoms with van der Waals surface area (Å²) < 4.78 is 12.9. The van der Waals surface area contributed by atoms with Gasteiger partial charge in [-0.25, -0.2) is 4.39 Å². The predicted octanol–water partition coefficient (Wildman–Crippen LogP) is 1.87. The van der Waals surface area contributed by atoms with E-state index in [1.165, 1.54) is 18.2 Å². The molecule has 1 aliphatic rings. The molecule has 0 aromatic heterocycles. The third-order valence-electron chi connectivity index (χ3n) is 1.99. The number of nitrogens with one attached hydrogen (secondary N) is 1. The standard InChI is InChI=1S/C9H10FNOS/c10-6-1-2-8(12)7(5-6)9-11-3-4-13-9/h1-2,5,9,11-12H,3-4H2. The van der Waals surface area contributed by atoms with E-state index in [9.17, 15) is 9.50 Å². The number of phenolic OH excluding ortho intramolecular Hbond substituents is 1. The number of benzene rings is 1. The quantitative estimate of drug-likeness (QED) is 0.724. The first-order valence-corrected chi connectivity index (χ1v) is 5.15. The van der Waals surface area contributed by atoms with Crippen molar-refractivity contribution < 1.29 is 9.50 Å². The molecular weight excluding hydrogens is 189 g/mol. The second-order valence-electron chi connectivity index (χ2n) is 2.91. The first-order chi connectivity index (χ1) is 6.27. The zero-order valence-corrected chi connectivity index (χ0v) is 7.77. The van der Waals surface area contributed by atoms with E-state index in [1.54, 1.807) is 11.8 Å². The van der Waals surface area contributed by atoms with Crippen molar-refractivity contribution >= 4 is 11.8 Å². The summed E-state index contributed by atoms with van der Waals surface area (Å²) in [6, 6.07) is 4.04. The molecule has 0 saturated carbocycles. The zero-order chi connectivity index (χ0) is 9.26. The Bertz CT molecular complexity index is 312. The van der Waals surface area contributed by atoms with Crippen molar-refractivity contribution in [1.82, 2.24) is 5.32 Å². The number of phenols is 1. The van der Waals surface area contributed by atoms with Crippen LogP contribution in [0.15, 0.2) is 18.2 Å². The molecule has 1 aliphatic heterocycles. The molecule has 1 fully saturated rings. The lowest BCUT2D eigenvalue weighted by atomic mass is 10.2. The molecule has 4 heteroatoms. The summed E-state index contributed by atoms with van der Waals surface area (Å²) in [5, 5.41) is 12.7. The van der Waals surface area contributed by atoms with Crippen LogP contribution in [-0.2, 0) is 0 Å². The lowest BCUT2D eigenvalue weighted by Gasteiger charge is -2.11. The number of hydrogen-bond donors (Lipinski definition) is 2. The van der Waals surface area contributed by atoms with Crippen LogP contribution < -0.4 is 5.32 Å². The minimum absolute atomic E-state index is 0.0377. The molecule has 1 aromatic rings. The van der Waals surface area contributed by atoms with Gasteiger partial charge in [0.1, 0.15) is 11.6 Å². The van der Waals surface area contributed by atoms with E-state index < -0.39 is 0 Å². The van der Waals surface area contributed by atoms with Crippen LogP contribution in [0.5, 0.6) is 5.75 Å². The number of halogens is 1. The Labute approximate surface area is 80.2 Å². The second-order valence-corrected chi connectivity index (χ2v) is 4.12. The fourth-order valence-corrected chi connectivity index (χ4v) is 2.44. The molecule has 13 heavy (non-hydrogen) atoms. The van der Waals surface area contributed by atoms with Crippen LogP contribution in [-0.4, -0.2) is 17.4 Å². The van der Waals surface area contributed by atoms with Crippen LogP contribution in [0.25, 0.3) is 0 Å². The van der Waals surface area contributed by atoms with E-state index in [1.807, 2.05) is 0 Å². The average Bonchev–Trinajstić information content (AvgIpc) is 2.61. The molecule has 0 aliphatic carbocycles. The number of rotatable bonds is 1. The summed E-state index contributed by atoms with van der Waals surface area (Å²) in [6.07, 6.45) is 0. The van der Waals surface area contributed by atoms with Gasteiger partial charge in [0.05, 0.1) is 5.37 Å². The Morgan fingerprint density at radius 1 is 1.54 bits per heavy atom. The van der Waals surface area contributed by atoms with E-state index in [0.717, 1.165) is 12.3 Å². The van der Waals surface area contributed by atoms with Crippen molar-refractivity contribution in [3.8, 4) is 5.75 Å². The van der Waals surface area contributed by atoms with Crippen LogP contribution in [0.4, 0.5) is 4.39 Å². The molecule has 1 aromatic carbocycles. The summed E-state index contributed by atoms with van der Waals surface area (Å²) in [5.74, 6) is 0.857. The summed E-state index contributed by atoms with van der Waals surface area (Å²) in [7, 11) is 0. The Kier molecular flexibility index (Phi) is 2.42. The molecule has 0 bridgehead atoms. The Morgan fingerprint density at radius 2 is 2.38 bits per heavy atom. The highest BCUT2D eigenvalue weighted by molar-refractivity contribution is 7.99. The van der Waals surface area contributed by atoms with E-state index >= 15 is 0 Å². The highest BCUT2D eigenvalue weighted by Gasteiger charge is 2.19. The molecular formula is C9H10FNOS. The van der Waals surface area contributed by atoms with Crippen molar-refractivity contribution in [1.29, 1.82) is 0 Å². The largest absolute Gasteiger partial charge is 0.508 e.